The van der Waals surface area contributed by atoms with Crippen LogP contribution in [0.4, 0.5) is 0 Å². The van der Waals surface area contributed by atoms with E-state index in [9.17, 15) is 4.79 Å². The highest BCUT2D eigenvalue weighted by molar-refractivity contribution is 5.79. The molecule has 3 rings (SSSR count). The number of benzene rings is 1. The molecule has 1 saturated heterocycles. The zero-order chi connectivity index (χ0) is 18.2. The summed E-state index contributed by atoms with van der Waals surface area (Å²) in [5, 5.41) is 6.70. The van der Waals surface area contributed by atoms with Crippen molar-refractivity contribution < 1.29 is 4.79 Å². The van der Waals surface area contributed by atoms with Crippen LogP contribution in [0.3, 0.4) is 0 Å². The number of hydrogen-bond donors (Lipinski definition) is 2. The molecular weight excluding hydrogens is 326 g/mol. The van der Waals surface area contributed by atoms with Crippen molar-refractivity contribution >= 4 is 11.9 Å². The van der Waals surface area contributed by atoms with E-state index < -0.39 is 0 Å². The molecule has 1 amide bonds. The number of aliphatic imine (C=N–C) groups is 1. The SMILES string of the molecule is CN=C(NCCn1cccc1)NCc1ccccc1CN1CCCC1=O. The van der Waals surface area contributed by atoms with Gasteiger partial charge in [0.15, 0.2) is 5.96 Å². The zero-order valence-electron chi connectivity index (χ0n) is 15.3. The van der Waals surface area contributed by atoms with Crippen molar-refractivity contribution in [1.82, 2.24) is 20.1 Å². The monoisotopic (exact) mass is 353 g/mol. The molecule has 1 aromatic carbocycles. The maximum atomic E-state index is 11.9. The highest BCUT2D eigenvalue weighted by Crippen LogP contribution is 2.17. The maximum absolute atomic E-state index is 11.9. The molecule has 1 aliphatic heterocycles. The lowest BCUT2D eigenvalue weighted by atomic mass is 10.1. The Morgan fingerprint density at radius 3 is 2.58 bits per heavy atom. The molecule has 0 saturated carbocycles. The van der Waals surface area contributed by atoms with E-state index in [0.29, 0.717) is 19.5 Å². The van der Waals surface area contributed by atoms with Gasteiger partial charge in [-0.15, -0.1) is 0 Å². The minimum absolute atomic E-state index is 0.259. The highest BCUT2D eigenvalue weighted by atomic mass is 16.2. The lowest BCUT2D eigenvalue weighted by Gasteiger charge is -2.19. The first-order valence-electron chi connectivity index (χ1n) is 9.16. The summed E-state index contributed by atoms with van der Waals surface area (Å²) in [5.41, 5.74) is 2.39. The molecular formula is C20H27N5O. The summed E-state index contributed by atoms with van der Waals surface area (Å²) in [6, 6.07) is 12.3. The zero-order valence-corrected chi connectivity index (χ0v) is 15.3. The van der Waals surface area contributed by atoms with Gasteiger partial charge in [-0.2, -0.15) is 0 Å². The standard InChI is InChI=1S/C20H27N5O/c1-21-20(22-10-14-24-11-4-5-12-24)23-15-17-7-2-3-8-18(17)16-25-13-6-9-19(25)26/h2-5,7-8,11-12H,6,9-10,13-16H2,1H3,(H2,21,22,23). The molecule has 0 unspecified atom stereocenters. The smallest absolute Gasteiger partial charge is 0.222 e. The summed E-state index contributed by atoms with van der Waals surface area (Å²) in [6.45, 7) is 3.93. The van der Waals surface area contributed by atoms with Crippen molar-refractivity contribution in [3.8, 4) is 0 Å². The van der Waals surface area contributed by atoms with Crippen LogP contribution in [0.2, 0.25) is 0 Å². The molecule has 0 atom stereocenters. The van der Waals surface area contributed by atoms with Gasteiger partial charge in [0.05, 0.1) is 0 Å². The van der Waals surface area contributed by atoms with Crippen molar-refractivity contribution in [3.05, 3.63) is 59.9 Å². The van der Waals surface area contributed by atoms with E-state index in [0.717, 1.165) is 32.0 Å². The van der Waals surface area contributed by atoms with Gasteiger partial charge in [0.1, 0.15) is 0 Å². The fourth-order valence-corrected chi connectivity index (χ4v) is 3.18. The number of nitrogens with one attached hydrogen (secondary N) is 2. The molecule has 6 heteroatoms. The Bertz CT molecular complexity index is 738. The molecule has 6 nitrogen and oxygen atoms in total. The number of rotatable bonds is 7. The maximum Gasteiger partial charge on any atom is 0.222 e. The van der Waals surface area contributed by atoms with E-state index in [2.05, 4.69) is 32.3 Å². The number of hydrogen-bond acceptors (Lipinski definition) is 2. The molecule has 26 heavy (non-hydrogen) atoms. The number of aromatic nitrogens is 1. The lowest BCUT2D eigenvalue weighted by Crippen LogP contribution is -2.38. The first-order chi connectivity index (χ1) is 12.8. The Balaban J connectivity index is 1.52. The van der Waals surface area contributed by atoms with Gasteiger partial charge in [-0.1, -0.05) is 24.3 Å². The minimum atomic E-state index is 0.259. The van der Waals surface area contributed by atoms with Crippen LogP contribution in [0.1, 0.15) is 24.0 Å². The highest BCUT2D eigenvalue weighted by Gasteiger charge is 2.20. The second-order valence-corrected chi connectivity index (χ2v) is 6.46. The van der Waals surface area contributed by atoms with Crippen molar-refractivity contribution in [3.63, 3.8) is 0 Å². The molecule has 2 N–H and O–H groups in total. The van der Waals surface area contributed by atoms with E-state index in [4.69, 9.17) is 0 Å². The van der Waals surface area contributed by atoms with Crippen LogP contribution in [0.25, 0.3) is 0 Å². The van der Waals surface area contributed by atoms with Gasteiger partial charge < -0.3 is 20.1 Å². The molecule has 0 spiro atoms. The fraction of sp³-hybridized carbons (Fsp3) is 0.400. The second-order valence-electron chi connectivity index (χ2n) is 6.46. The Morgan fingerprint density at radius 2 is 1.88 bits per heavy atom. The Hall–Kier alpha value is -2.76. The van der Waals surface area contributed by atoms with E-state index >= 15 is 0 Å². The van der Waals surface area contributed by atoms with E-state index in [-0.39, 0.29) is 5.91 Å². The summed E-state index contributed by atoms with van der Waals surface area (Å²) in [5.74, 6) is 1.04. The van der Waals surface area contributed by atoms with Crippen LogP contribution in [-0.4, -0.2) is 41.5 Å². The number of guanidine groups is 1. The average molecular weight is 353 g/mol. The first kappa shape index (κ1) is 18.0. The lowest BCUT2D eigenvalue weighted by molar-refractivity contribution is -0.128. The molecule has 0 radical (unpaired) electrons. The second kappa shape index (κ2) is 9.08. The summed E-state index contributed by atoms with van der Waals surface area (Å²) >= 11 is 0. The van der Waals surface area contributed by atoms with E-state index in [1.807, 2.05) is 41.6 Å². The minimum Gasteiger partial charge on any atom is -0.355 e. The summed E-state index contributed by atoms with van der Waals surface area (Å²) in [6.07, 6.45) is 5.75. The molecule has 0 bridgehead atoms. The number of carbonyl (C=O) groups is 1. The summed E-state index contributed by atoms with van der Waals surface area (Å²) in [4.78, 5) is 18.1. The van der Waals surface area contributed by atoms with E-state index in [1.54, 1.807) is 7.05 Å². The third-order valence-electron chi connectivity index (χ3n) is 4.65. The number of amides is 1. The Kier molecular flexibility index (Phi) is 6.30. The fourth-order valence-electron chi connectivity index (χ4n) is 3.18. The normalized spacial score (nSPS) is 14.7. The molecule has 0 aliphatic carbocycles. The predicted octanol–water partition coefficient (Wildman–Crippen LogP) is 1.98. The Morgan fingerprint density at radius 1 is 1.12 bits per heavy atom. The van der Waals surface area contributed by atoms with Gasteiger partial charge >= 0.3 is 0 Å². The molecule has 1 aliphatic rings. The molecule has 1 fully saturated rings. The number of likely N-dealkylation sites (tertiary alicyclic amines) is 1. The molecule has 2 heterocycles. The largest absolute Gasteiger partial charge is 0.355 e. The molecule has 138 valence electrons. The summed E-state index contributed by atoms with van der Waals surface area (Å²) < 4.78 is 2.13. The number of nitrogens with zero attached hydrogens (tertiary/aromatic N) is 3. The third-order valence-corrected chi connectivity index (χ3v) is 4.65. The van der Waals surface area contributed by atoms with Gasteiger partial charge in [0.2, 0.25) is 5.91 Å². The first-order valence-corrected chi connectivity index (χ1v) is 9.16. The van der Waals surface area contributed by atoms with Crippen LogP contribution in [-0.2, 0) is 24.4 Å². The van der Waals surface area contributed by atoms with Crippen LogP contribution in [0, 0.1) is 0 Å². The molecule has 1 aromatic heterocycles. The average Bonchev–Trinajstić information content (AvgIpc) is 3.31. The van der Waals surface area contributed by atoms with Crippen molar-refractivity contribution in [1.29, 1.82) is 0 Å². The van der Waals surface area contributed by atoms with Crippen LogP contribution < -0.4 is 10.6 Å². The predicted molar refractivity (Wildman–Crippen MR) is 104 cm³/mol. The van der Waals surface area contributed by atoms with Gasteiger partial charge in [-0.3, -0.25) is 9.79 Å². The van der Waals surface area contributed by atoms with E-state index in [1.165, 1.54) is 11.1 Å². The van der Waals surface area contributed by atoms with Crippen LogP contribution in [0.5, 0.6) is 0 Å². The molecule has 2 aromatic rings. The summed E-state index contributed by atoms with van der Waals surface area (Å²) in [7, 11) is 1.78. The van der Waals surface area contributed by atoms with Crippen molar-refractivity contribution in [2.75, 3.05) is 20.1 Å². The van der Waals surface area contributed by atoms with Crippen molar-refractivity contribution in [2.45, 2.75) is 32.5 Å². The quantitative estimate of drug-likeness (QED) is 0.591. The van der Waals surface area contributed by atoms with Crippen LogP contribution >= 0.6 is 0 Å². The third kappa shape index (κ3) is 4.88. The van der Waals surface area contributed by atoms with Crippen molar-refractivity contribution in [2.24, 2.45) is 4.99 Å². The number of carbonyl (C=O) groups excluding carboxylic acids is 1. The van der Waals surface area contributed by atoms with Gasteiger partial charge in [-0.05, 0) is 29.7 Å². The van der Waals surface area contributed by atoms with Crippen LogP contribution in [0.15, 0.2) is 53.8 Å². The van der Waals surface area contributed by atoms with Gasteiger partial charge in [0.25, 0.3) is 0 Å². The van der Waals surface area contributed by atoms with Gasteiger partial charge in [0, 0.05) is 58.6 Å². The Labute approximate surface area is 154 Å². The van der Waals surface area contributed by atoms with Gasteiger partial charge in [-0.25, -0.2) is 0 Å². The topological polar surface area (TPSA) is 61.7 Å².